The van der Waals surface area contributed by atoms with Crippen LogP contribution >= 0.6 is 0 Å². The highest BCUT2D eigenvalue weighted by molar-refractivity contribution is 5.77. The molecule has 0 aliphatic carbocycles. The van der Waals surface area contributed by atoms with Crippen molar-refractivity contribution in [1.82, 2.24) is 14.6 Å². The van der Waals surface area contributed by atoms with Gasteiger partial charge in [0.05, 0.1) is 12.8 Å². The molecule has 0 spiro atoms. The predicted molar refractivity (Wildman–Crippen MR) is 90.0 cm³/mol. The first-order chi connectivity index (χ1) is 11.7. The minimum absolute atomic E-state index is 0.0385. The highest BCUT2D eigenvalue weighted by Crippen LogP contribution is 2.24. The maximum Gasteiger partial charge on any atom is 0.303 e. The number of hydrogen-bond donors (Lipinski definition) is 3. The zero-order valence-electron chi connectivity index (χ0n) is 13.0. The molecule has 0 unspecified atom stereocenters. The Morgan fingerprint density at radius 1 is 1.21 bits per heavy atom. The molecule has 3 rings (SSSR count). The van der Waals surface area contributed by atoms with Gasteiger partial charge >= 0.3 is 5.97 Å². The largest absolute Gasteiger partial charge is 0.481 e. The molecule has 0 fully saturated rings. The summed E-state index contributed by atoms with van der Waals surface area (Å²) in [6.45, 7) is 0.474. The lowest BCUT2D eigenvalue weighted by Crippen LogP contribution is -2.07. The summed E-state index contributed by atoms with van der Waals surface area (Å²) in [4.78, 5) is 15.2. The fraction of sp³-hybridized carbons (Fsp3) is 0.235. The normalized spacial score (nSPS) is 10.9. The van der Waals surface area contributed by atoms with Gasteiger partial charge in [0.15, 0.2) is 5.65 Å². The lowest BCUT2D eigenvalue weighted by atomic mass is 10.0. The fourth-order valence-electron chi connectivity index (χ4n) is 2.46. The van der Waals surface area contributed by atoms with Gasteiger partial charge in [-0.3, -0.25) is 4.79 Å². The van der Waals surface area contributed by atoms with Gasteiger partial charge in [-0.25, -0.2) is 9.50 Å². The maximum absolute atomic E-state index is 10.6. The zero-order valence-corrected chi connectivity index (χ0v) is 13.0. The summed E-state index contributed by atoms with van der Waals surface area (Å²) in [5, 5.41) is 25.0. The Balaban J connectivity index is 1.86. The average molecular weight is 326 g/mol. The minimum Gasteiger partial charge on any atom is -0.481 e. The van der Waals surface area contributed by atoms with Gasteiger partial charge in [-0.05, 0) is 23.6 Å². The van der Waals surface area contributed by atoms with Crippen molar-refractivity contribution in [3.63, 3.8) is 0 Å². The lowest BCUT2D eigenvalue weighted by molar-refractivity contribution is -0.136. The van der Waals surface area contributed by atoms with Gasteiger partial charge in [-0.1, -0.05) is 24.3 Å². The summed E-state index contributed by atoms with van der Waals surface area (Å²) in [6.07, 6.45) is 4.20. The number of aliphatic carboxylic acids is 1. The number of rotatable bonds is 7. The van der Waals surface area contributed by atoms with Crippen LogP contribution in [0.15, 0.2) is 42.7 Å². The summed E-state index contributed by atoms with van der Waals surface area (Å²) in [6, 6.07) is 9.55. The van der Waals surface area contributed by atoms with Crippen LogP contribution in [0.3, 0.4) is 0 Å². The third-order valence-electron chi connectivity index (χ3n) is 3.68. The zero-order chi connectivity index (χ0) is 16.9. The van der Waals surface area contributed by atoms with Crippen molar-refractivity contribution in [3.05, 3.63) is 48.3 Å². The van der Waals surface area contributed by atoms with E-state index in [1.54, 1.807) is 16.8 Å². The van der Waals surface area contributed by atoms with Gasteiger partial charge in [0.1, 0.15) is 5.82 Å². The van der Waals surface area contributed by atoms with E-state index in [0.717, 1.165) is 22.3 Å². The van der Waals surface area contributed by atoms with Crippen LogP contribution < -0.4 is 5.32 Å². The molecule has 124 valence electrons. The van der Waals surface area contributed by atoms with Crippen LogP contribution in [0.2, 0.25) is 0 Å². The van der Waals surface area contributed by atoms with Gasteiger partial charge in [0, 0.05) is 24.7 Å². The van der Waals surface area contributed by atoms with Gasteiger partial charge in [-0.2, -0.15) is 5.10 Å². The summed E-state index contributed by atoms with van der Waals surface area (Å²) in [5.41, 5.74) is 3.57. The number of hydrogen-bond acceptors (Lipinski definition) is 5. The molecule has 0 radical (unpaired) electrons. The van der Waals surface area contributed by atoms with E-state index >= 15 is 0 Å². The van der Waals surface area contributed by atoms with E-state index in [-0.39, 0.29) is 13.0 Å². The van der Waals surface area contributed by atoms with Crippen molar-refractivity contribution in [1.29, 1.82) is 0 Å². The number of nitrogens with one attached hydrogen (secondary N) is 1. The number of benzene rings is 1. The molecule has 7 heteroatoms. The van der Waals surface area contributed by atoms with Gasteiger partial charge in [0.25, 0.3) is 0 Å². The van der Waals surface area contributed by atoms with E-state index in [1.807, 2.05) is 30.5 Å². The molecule has 0 amide bonds. The monoisotopic (exact) mass is 326 g/mol. The van der Waals surface area contributed by atoms with Crippen LogP contribution in [-0.4, -0.2) is 43.9 Å². The lowest BCUT2D eigenvalue weighted by Gasteiger charge is -2.05. The highest BCUT2D eigenvalue weighted by Gasteiger charge is 2.09. The van der Waals surface area contributed by atoms with Crippen LogP contribution in [0.4, 0.5) is 5.82 Å². The molecule has 1 aromatic carbocycles. The number of aliphatic hydroxyl groups excluding tert-OH is 1. The van der Waals surface area contributed by atoms with Crippen molar-refractivity contribution in [3.8, 4) is 11.1 Å². The van der Waals surface area contributed by atoms with Crippen molar-refractivity contribution in [2.24, 2.45) is 0 Å². The summed E-state index contributed by atoms with van der Waals surface area (Å²) < 4.78 is 1.69. The van der Waals surface area contributed by atoms with E-state index in [4.69, 9.17) is 10.2 Å². The Hall–Kier alpha value is -2.93. The van der Waals surface area contributed by atoms with E-state index in [1.165, 1.54) is 0 Å². The first-order valence-electron chi connectivity index (χ1n) is 7.67. The van der Waals surface area contributed by atoms with E-state index in [0.29, 0.717) is 18.8 Å². The molecule has 3 aromatic rings. The molecule has 24 heavy (non-hydrogen) atoms. The Morgan fingerprint density at radius 3 is 2.71 bits per heavy atom. The molecular weight excluding hydrogens is 308 g/mol. The van der Waals surface area contributed by atoms with Crippen molar-refractivity contribution in [2.45, 2.75) is 12.8 Å². The van der Waals surface area contributed by atoms with Crippen LogP contribution in [0.1, 0.15) is 12.0 Å². The standard InChI is InChI=1S/C17H18N4O3/c22-10-8-18-15-7-9-21-17(20-15)14(11-19-21)13-4-1-12(2-5-13)3-6-16(23)24/h1-2,4-5,7,9,11,22H,3,6,8,10H2,(H,18,20)(H,23,24). The topological polar surface area (TPSA) is 99.8 Å². The first-order valence-corrected chi connectivity index (χ1v) is 7.67. The first kappa shape index (κ1) is 15.9. The van der Waals surface area contributed by atoms with E-state index < -0.39 is 5.97 Å². The van der Waals surface area contributed by atoms with Crippen LogP contribution in [-0.2, 0) is 11.2 Å². The molecule has 0 aliphatic heterocycles. The Labute approximate surface area is 138 Å². The number of aliphatic hydroxyl groups is 1. The van der Waals surface area contributed by atoms with E-state index in [9.17, 15) is 4.79 Å². The number of anilines is 1. The second kappa shape index (κ2) is 7.10. The molecule has 2 aromatic heterocycles. The fourth-order valence-corrected chi connectivity index (χ4v) is 2.46. The van der Waals surface area contributed by atoms with Crippen molar-refractivity contribution in [2.75, 3.05) is 18.5 Å². The molecule has 2 heterocycles. The minimum atomic E-state index is -0.797. The van der Waals surface area contributed by atoms with Gasteiger partial charge in [0.2, 0.25) is 0 Å². The van der Waals surface area contributed by atoms with Gasteiger partial charge < -0.3 is 15.5 Å². The molecule has 0 aliphatic rings. The molecule has 0 saturated carbocycles. The summed E-state index contributed by atoms with van der Waals surface area (Å²) >= 11 is 0. The third kappa shape index (κ3) is 3.52. The van der Waals surface area contributed by atoms with E-state index in [2.05, 4.69) is 15.4 Å². The SMILES string of the molecule is O=C(O)CCc1ccc(-c2cnn3ccc(NCCO)nc23)cc1. The van der Waals surface area contributed by atoms with Gasteiger partial charge in [-0.15, -0.1) is 0 Å². The molecule has 0 bridgehead atoms. The average Bonchev–Trinajstić information content (AvgIpc) is 3.01. The molecule has 7 nitrogen and oxygen atoms in total. The Bertz CT molecular complexity index is 843. The number of nitrogens with zero attached hydrogens (tertiary/aromatic N) is 3. The number of aromatic nitrogens is 3. The quantitative estimate of drug-likeness (QED) is 0.612. The summed E-state index contributed by atoms with van der Waals surface area (Å²) in [7, 11) is 0. The number of carboxylic acid groups (broad SMARTS) is 1. The number of carboxylic acids is 1. The Kier molecular flexibility index (Phi) is 4.72. The third-order valence-corrected chi connectivity index (χ3v) is 3.68. The number of carbonyl (C=O) groups is 1. The van der Waals surface area contributed by atoms with Crippen LogP contribution in [0, 0.1) is 0 Å². The number of fused-ring (bicyclic) bond motifs is 1. The molecule has 3 N–H and O–H groups in total. The predicted octanol–water partition coefficient (Wildman–Crippen LogP) is 1.82. The molecular formula is C17H18N4O3. The highest BCUT2D eigenvalue weighted by atomic mass is 16.4. The summed E-state index contributed by atoms with van der Waals surface area (Å²) in [5.74, 6) is -0.120. The second-order valence-corrected chi connectivity index (χ2v) is 5.38. The second-order valence-electron chi connectivity index (χ2n) is 5.38. The number of aryl methyl sites for hydroxylation is 1. The molecule has 0 saturated heterocycles. The smallest absolute Gasteiger partial charge is 0.303 e. The Morgan fingerprint density at radius 2 is 2.00 bits per heavy atom. The van der Waals surface area contributed by atoms with Crippen LogP contribution in [0.25, 0.3) is 16.8 Å². The van der Waals surface area contributed by atoms with Crippen molar-refractivity contribution < 1.29 is 15.0 Å². The van der Waals surface area contributed by atoms with Crippen molar-refractivity contribution >= 4 is 17.4 Å². The maximum atomic E-state index is 10.6. The molecule has 0 atom stereocenters. The van der Waals surface area contributed by atoms with Crippen LogP contribution in [0.5, 0.6) is 0 Å².